The maximum atomic E-state index is 15.2. The SMILES string of the molecule is Cc1nc(-c2ccc(O[C@@H]3CCN(C(=O)Cc4ccc(OC(F)(F)F)cc4)C[C@@H]3F)c(C(N)=O)c2)cn1COCC[Si](C)(C)C. The van der Waals surface area contributed by atoms with Crippen molar-refractivity contribution in [3.05, 3.63) is 65.6 Å². The Morgan fingerprint density at radius 1 is 1.11 bits per heavy atom. The molecule has 14 heteroatoms. The zero-order valence-corrected chi connectivity index (χ0v) is 26.7. The summed E-state index contributed by atoms with van der Waals surface area (Å²) in [5.41, 5.74) is 7.45. The van der Waals surface area contributed by atoms with E-state index in [2.05, 4.69) is 29.4 Å². The van der Waals surface area contributed by atoms with Gasteiger partial charge in [-0.05, 0) is 48.9 Å². The highest BCUT2D eigenvalue weighted by molar-refractivity contribution is 6.76. The summed E-state index contributed by atoms with van der Waals surface area (Å²) in [6, 6.07) is 10.8. The van der Waals surface area contributed by atoms with Crippen LogP contribution >= 0.6 is 0 Å². The number of carbonyl (C=O) groups excluding carboxylic acids is 2. The molecule has 0 radical (unpaired) electrons. The van der Waals surface area contributed by atoms with Crippen molar-refractivity contribution in [2.75, 3.05) is 19.7 Å². The minimum Gasteiger partial charge on any atom is -0.486 e. The molecule has 2 atom stereocenters. The summed E-state index contributed by atoms with van der Waals surface area (Å²) in [6.45, 7) is 9.70. The number of amides is 2. The van der Waals surface area contributed by atoms with Crippen LogP contribution in [-0.4, -0.2) is 72.7 Å². The van der Waals surface area contributed by atoms with Crippen molar-refractivity contribution in [1.29, 1.82) is 0 Å². The normalized spacial score (nSPS) is 17.3. The van der Waals surface area contributed by atoms with E-state index in [1.807, 2.05) is 17.7 Å². The second kappa shape index (κ2) is 14.0. The van der Waals surface area contributed by atoms with Crippen LogP contribution in [0.2, 0.25) is 25.7 Å². The first kappa shape index (κ1) is 34.0. The minimum absolute atomic E-state index is 0.0785. The summed E-state index contributed by atoms with van der Waals surface area (Å²) < 4.78 is 69.8. The monoisotopic (exact) mass is 650 g/mol. The van der Waals surface area contributed by atoms with Crippen LogP contribution in [0, 0.1) is 6.92 Å². The number of likely N-dealkylation sites (tertiary alicyclic amines) is 1. The number of aryl methyl sites for hydroxylation is 1. The van der Waals surface area contributed by atoms with Crippen molar-refractivity contribution in [1.82, 2.24) is 14.5 Å². The Bertz CT molecular complexity index is 1490. The number of ether oxygens (including phenoxy) is 3. The van der Waals surface area contributed by atoms with E-state index in [-0.39, 0.29) is 43.2 Å². The minimum atomic E-state index is -4.81. The summed E-state index contributed by atoms with van der Waals surface area (Å²) >= 11 is 0. The second-order valence-electron chi connectivity index (χ2n) is 12.2. The third kappa shape index (κ3) is 9.79. The third-order valence-corrected chi connectivity index (χ3v) is 9.07. The Labute approximate surface area is 260 Å². The predicted molar refractivity (Wildman–Crippen MR) is 162 cm³/mol. The summed E-state index contributed by atoms with van der Waals surface area (Å²) in [5.74, 6) is -0.642. The van der Waals surface area contributed by atoms with Gasteiger partial charge in [0.1, 0.15) is 30.2 Å². The fourth-order valence-corrected chi connectivity index (χ4v) is 5.56. The average Bonchev–Trinajstić information content (AvgIpc) is 3.32. The number of halogens is 4. The molecule has 0 aliphatic carbocycles. The summed E-state index contributed by atoms with van der Waals surface area (Å²) in [5, 5.41) is 0. The van der Waals surface area contributed by atoms with Crippen molar-refractivity contribution in [3.63, 3.8) is 0 Å². The molecule has 4 rings (SSSR count). The molecule has 0 saturated carbocycles. The number of piperidine rings is 1. The van der Waals surface area contributed by atoms with Crippen LogP contribution in [-0.2, 0) is 22.7 Å². The van der Waals surface area contributed by atoms with Crippen molar-refractivity contribution < 1.29 is 41.4 Å². The number of benzene rings is 2. The van der Waals surface area contributed by atoms with Gasteiger partial charge in [0.2, 0.25) is 5.91 Å². The van der Waals surface area contributed by atoms with E-state index in [9.17, 15) is 22.8 Å². The summed E-state index contributed by atoms with van der Waals surface area (Å²) in [7, 11) is -1.21. The molecule has 244 valence electrons. The van der Waals surface area contributed by atoms with E-state index < -0.39 is 38.4 Å². The van der Waals surface area contributed by atoms with Crippen LogP contribution < -0.4 is 15.2 Å². The van der Waals surface area contributed by atoms with Gasteiger partial charge < -0.3 is 29.4 Å². The third-order valence-electron chi connectivity index (χ3n) is 7.37. The number of nitrogens with zero attached hydrogens (tertiary/aromatic N) is 3. The number of carbonyl (C=O) groups is 2. The first-order valence-electron chi connectivity index (χ1n) is 14.6. The first-order chi connectivity index (χ1) is 21.1. The van der Waals surface area contributed by atoms with Gasteiger partial charge in [-0.25, -0.2) is 9.37 Å². The Morgan fingerprint density at radius 2 is 1.82 bits per heavy atom. The van der Waals surface area contributed by atoms with Gasteiger partial charge in [0.25, 0.3) is 5.91 Å². The van der Waals surface area contributed by atoms with Crippen LogP contribution in [0.3, 0.4) is 0 Å². The molecule has 2 N–H and O–H groups in total. The molecule has 1 saturated heterocycles. The Kier molecular flexibility index (Phi) is 10.6. The number of aromatic nitrogens is 2. The lowest BCUT2D eigenvalue weighted by atomic mass is 10.0. The number of imidazole rings is 1. The highest BCUT2D eigenvalue weighted by atomic mass is 28.3. The van der Waals surface area contributed by atoms with E-state index >= 15 is 4.39 Å². The van der Waals surface area contributed by atoms with Gasteiger partial charge in [0.15, 0.2) is 6.17 Å². The van der Waals surface area contributed by atoms with Gasteiger partial charge in [-0.3, -0.25) is 9.59 Å². The number of nitrogens with two attached hydrogens (primary N) is 1. The maximum absolute atomic E-state index is 15.2. The zero-order chi connectivity index (χ0) is 32.9. The summed E-state index contributed by atoms with van der Waals surface area (Å²) in [4.78, 5) is 31.1. The van der Waals surface area contributed by atoms with Crippen LogP contribution in [0.15, 0.2) is 48.7 Å². The van der Waals surface area contributed by atoms with Crippen LogP contribution in [0.1, 0.15) is 28.2 Å². The van der Waals surface area contributed by atoms with Crippen molar-refractivity contribution in [2.45, 2.75) is 70.8 Å². The average molecular weight is 651 g/mol. The molecule has 1 aromatic heterocycles. The molecular weight excluding hydrogens is 612 g/mol. The second-order valence-corrected chi connectivity index (χ2v) is 17.9. The van der Waals surface area contributed by atoms with Gasteiger partial charge >= 0.3 is 6.36 Å². The fraction of sp³-hybridized carbons (Fsp3) is 0.452. The number of alkyl halides is 4. The van der Waals surface area contributed by atoms with Gasteiger partial charge in [0.05, 0.1) is 24.2 Å². The number of primary amides is 1. The molecule has 1 fully saturated rings. The Balaban J connectivity index is 1.35. The highest BCUT2D eigenvalue weighted by Crippen LogP contribution is 2.30. The first-order valence-corrected chi connectivity index (χ1v) is 18.3. The van der Waals surface area contributed by atoms with E-state index in [4.69, 9.17) is 15.2 Å². The number of hydrogen-bond acceptors (Lipinski definition) is 6. The molecule has 2 heterocycles. The summed E-state index contributed by atoms with van der Waals surface area (Å²) in [6.07, 6.45) is -5.41. The molecule has 3 aromatic rings. The van der Waals surface area contributed by atoms with Crippen molar-refractivity contribution >= 4 is 19.9 Å². The van der Waals surface area contributed by atoms with E-state index in [1.165, 1.54) is 17.0 Å². The number of hydrogen-bond donors (Lipinski definition) is 1. The quantitative estimate of drug-likeness (QED) is 0.152. The molecule has 9 nitrogen and oxygen atoms in total. The number of rotatable bonds is 12. The maximum Gasteiger partial charge on any atom is 0.573 e. The zero-order valence-electron chi connectivity index (χ0n) is 25.7. The van der Waals surface area contributed by atoms with Crippen LogP contribution in [0.25, 0.3) is 11.3 Å². The van der Waals surface area contributed by atoms with E-state index in [0.717, 1.165) is 24.0 Å². The Morgan fingerprint density at radius 3 is 2.44 bits per heavy atom. The predicted octanol–water partition coefficient (Wildman–Crippen LogP) is 5.73. The molecule has 45 heavy (non-hydrogen) atoms. The smallest absolute Gasteiger partial charge is 0.486 e. The highest BCUT2D eigenvalue weighted by Gasteiger charge is 2.34. The molecule has 0 bridgehead atoms. The van der Waals surface area contributed by atoms with E-state index in [1.54, 1.807) is 18.2 Å². The Hall–Kier alpha value is -3.91. The molecule has 1 aliphatic rings. The van der Waals surface area contributed by atoms with E-state index in [0.29, 0.717) is 30.2 Å². The van der Waals surface area contributed by atoms with Gasteiger partial charge in [-0.1, -0.05) is 31.8 Å². The van der Waals surface area contributed by atoms with Crippen molar-refractivity contribution in [3.8, 4) is 22.8 Å². The molecule has 0 spiro atoms. The van der Waals surface area contributed by atoms with Crippen molar-refractivity contribution in [2.24, 2.45) is 5.73 Å². The largest absolute Gasteiger partial charge is 0.573 e. The molecular formula is C31H38F4N4O5Si. The molecule has 1 aliphatic heterocycles. The van der Waals surface area contributed by atoms with Crippen LogP contribution in [0.4, 0.5) is 17.6 Å². The molecule has 2 amide bonds. The lowest BCUT2D eigenvalue weighted by Crippen LogP contribution is -2.49. The lowest BCUT2D eigenvalue weighted by molar-refractivity contribution is -0.274. The standard InChI is InChI=1S/C31H38F4N4O5Si/c1-20-37-26(18-39(20)19-42-13-14-45(2,3)4)22-7-10-27(24(16-22)30(36)41)43-28-11-12-38(17-25(28)32)29(40)15-21-5-8-23(9-6-21)44-31(33,34)35/h5-10,16,18,25,28H,11-15,17,19H2,1-4H3,(H2,36,41)/t25-,28+/m0/s1. The molecule has 0 unspecified atom stereocenters. The lowest BCUT2D eigenvalue weighted by Gasteiger charge is -2.35. The van der Waals surface area contributed by atoms with Gasteiger partial charge in [0, 0.05) is 39.4 Å². The van der Waals surface area contributed by atoms with Crippen LogP contribution in [0.5, 0.6) is 11.5 Å². The van der Waals surface area contributed by atoms with Gasteiger partial charge in [-0.15, -0.1) is 13.2 Å². The fourth-order valence-electron chi connectivity index (χ4n) is 4.81. The topological polar surface area (TPSA) is 109 Å². The molecule has 2 aromatic carbocycles. The van der Waals surface area contributed by atoms with Gasteiger partial charge in [-0.2, -0.15) is 0 Å².